The predicted molar refractivity (Wildman–Crippen MR) is 98.1 cm³/mol. The molecule has 4 nitrogen and oxygen atoms in total. The van der Waals surface area contributed by atoms with E-state index in [1.54, 1.807) is 35.9 Å². The predicted octanol–water partition coefficient (Wildman–Crippen LogP) is 4.46. The third kappa shape index (κ3) is 3.17. The molecule has 25 heavy (non-hydrogen) atoms. The maximum absolute atomic E-state index is 13.0. The minimum atomic E-state index is -0.0359. The van der Waals surface area contributed by atoms with Crippen molar-refractivity contribution < 1.29 is 9.21 Å². The number of thiophene rings is 1. The lowest BCUT2D eigenvalue weighted by Gasteiger charge is -2.28. The van der Waals surface area contributed by atoms with Gasteiger partial charge in [-0.05, 0) is 68.2 Å². The van der Waals surface area contributed by atoms with Gasteiger partial charge in [-0.3, -0.25) is 14.7 Å². The summed E-state index contributed by atoms with van der Waals surface area (Å²) in [6, 6.07) is 9.77. The van der Waals surface area contributed by atoms with Crippen LogP contribution in [-0.2, 0) is 0 Å². The summed E-state index contributed by atoms with van der Waals surface area (Å²) >= 11 is 1.55. The number of carbonyl (C=O) groups is 1. The zero-order chi connectivity index (χ0) is 17.2. The molecule has 1 aliphatic rings. The molecule has 0 aromatic carbocycles. The van der Waals surface area contributed by atoms with E-state index in [-0.39, 0.29) is 11.8 Å². The molecule has 3 aromatic heterocycles. The van der Waals surface area contributed by atoms with Crippen LogP contribution in [0.5, 0.6) is 0 Å². The third-order valence-electron chi connectivity index (χ3n) is 4.64. The van der Waals surface area contributed by atoms with Crippen molar-refractivity contribution in [3.05, 3.63) is 75.6 Å². The average molecular weight is 352 g/mol. The molecule has 4 rings (SSSR count). The largest absolute Gasteiger partial charge is 0.461 e. The fourth-order valence-electron chi connectivity index (χ4n) is 3.56. The Morgan fingerprint density at radius 2 is 2.12 bits per heavy atom. The van der Waals surface area contributed by atoms with Crippen LogP contribution in [0.25, 0.3) is 0 Å². The molecule has 0 saturated carbocycles. The second-order valence-electron chi connectivity index (χ2n) is 6.38. The quantitative estimate of drug-likeness (QED) is 0.636. The number of furan rings is 1. The molecule has 0 bridgehead atoms. The molecule has 4 heterocycles. The highest BCUT2D eigenvalue weighted by atomic mass is 32.1. The lowest BCUT2D eigenvalue weighted by molar-refractivity contribution is 0.101. The molecule has 0 spiro atoms. The van der Waals surface area contributed by atoms with Gasteiger partial charge in [0, 0.05) is 17.3 Å². The van der Waals surface area contributed by atoms with Gasteiger partial charge in [-0.25, -0.2) is 0 Å². The lowest BCUT2D eigenvalue weighted by atomic mass is 9.97. The van der Waals surface area contributed by atoms with Gasteiger partial charge >= 0.3 is 0 Å². The Kier molecular flexibility index (Phi) is 4.51. The van der Waals surface area contributed by atoms with Crippen LogP contribution in [0.15, 0.2) is 53.4 Å². The van der Waals surface area contributed by atoms with E-state index in [4.69, 9.17) is 4.42 Å². The molecule has 0 aliphatic carbocycles. The van der Waals surface area contributed by atoms with Gasteiger partial charge in [0.1, 0.15) is 0 Å². The number of likely N-dealkylation sites (tertiary alicyclic amines) is 1. The number of carbonyl (C=O) groups excluding carboxylic acids is 1. The van der Waals surface area contributed by atoms with Gasteiger partial charge in [-0.15, -0.1) is 11.3 Å². The molecule has 0 amide bonds. The third-order valence-corrected chi connectivity index (χ3v) is 5.70. The first-order chi connectivity index (χ1) is 12.2. The Balaban J connectivity index is 1.81. The molecule has 1 unspecified atom stereocenters. The van der Waals surface area contributed by atoms with Crippen molar-refractivity contribution in [3.63, 3.8) is 0 Å². The Morgan fingerprint density at radius 1 is 1.28 bits per heavy atom. The van der Waals surface area contributed by atoms with Gasteiger partial charge in [-0.1, -0.05) is 6.07 Å². The summed E-state index contributed by atoms with van der Waals surface area (Å²) in [5.74, 6) is 0.362. The van der Waals surface area contributed by atoms with E-state index in [9.17, 15) is 4.79 Å². The SMILES string of the molecule is Cc1cc(C(c2cccnc2)N2CCCC2)c(C(=O)c2ccco2)s1. The van der Waals surface area contributed by atoms with Crippen LogP contribution < -0.4 is 0 Å². The molecular weight excluding hydrogens is 332 g/mol. The van der Waals surface area contributed by atoms with Crippen LogP contribution >= 0.6 is 11.3 Å². The summed E-state index contributed by atoms with van der Waals surface area (Å²) in [6.07, 6.45) is 7.64. The fourth-order valence-corrected chi connectivity index (χ4v) is 4.55. The van der Waals surface area contributed by atoms with Crippen molar-refractivity contribution >= 4 is 17.1 Å². The van der Waals surface area contributed by atoms with Crippen LogP contribution in [0.4, 0.5) is 0 Å². The average Bonchev–Trinajstić information content (AvgIpc) is 3.38. The summed E-state index contributed by atoms with van der Waals surface area (Å²) < 4.78 is 5.36. The number of rotatable bonds is 5. The summed E-state index contributed by atoms with van der Waals surface area (Å²) in [5.41, 5.74) is 2.20. The van der Waals surface area contributed by atoms with Gasteiger partial charge in [0.25, 0.3) is 0 Å². The van der Waals surface area contributed by atoms with E-state index in [0.29, 0.717) is 5.76 Å². The second-order valence-corrected chi connectivity index (χ2v) is 7.64. The van der Waals surface area contributed by atoms with Crippen molar-refractivity contribution in [2.45, 2.75) is 25.8 Å². The summed E-state index contributed by atoms with van der Waals surface area (Å²) in [5, 5.41) is 0. The van der Waals surface area contributed by atoms with Gasteiger partial charge in [0.2, 0.25) is 5.78 Å². The van der Waals surface area contributed by atoms with E-state index in [2.05, 4.69) is 28.9 Å². The van der Waals surface area contributed by atoms with Crippen molar-refractivity contribution in [1.29, 1.82) is 0 Å². The maximum Gasteiger partial charge on any atom is 0.238 e. The molecule has 128 valence electrons. The molecule has 0 radical (unpaired) electrons. The molecule has 1 aliphatic heterocycles. The first-order valence-corrected chi connectivity index (χ1v) is 9.38. The Hall–Kier alpha value is -2.24. The number of ketones is 1. The van der Waals surface area contributed by atoms with E-state index in [0.717, 1.165) is 34.0 Å². The number of nitrogens with zero attached hydrogens (tertiary/aromatic N) is 2. The van der Waals surface area contributed by atoms with Crippen molar-refractivity contribution in [1.82, 2.24) is 9.88 Å². The van der Waals surface area contributed by atoms with E-state index < -0.39 is 0 Å². The summed E-state index contributed by atoms with van der Waals surface area (Å²) in [6.45, 7) is 4.14. The molecule has 1 fully saturated rings. The number of aromatic nitrogens is 1. The fraction of sp³-hybridized carbons (Fsp3) is 0.300. The van der Waals surface area contributed by atoms with Gasteiger partial charge in [0.15, 0.2) is 5.76 Å². The summed E-state index contributed by atoms with van der Waals surface area (Å²) in [7, 11) is 0. The van der Waals surface area contributed by atoms with Crippen LogP contribution in [0.1, 0.15) is 50.3 Å². The zero-order valence-corrected chi connectivity index (χ0v) is 15.0. The van der Waals surface area contributed by atoms with Crippen molar-refractivity contribution in [2.24, 2.45) is 0 Å². The summed E-state index contributed by atoms with van der Waals surface area (Å²) in [4.78, 5) is 21.6. The molecule has 5 heteroatoms. The second kappa shape index (κ2) is 6.94. The first-order valence-electron chi connectivity index (χ1n) is 8.56. The highest BCUT2D eigenvalue weighted by Crippen LogP contribution is 2.37. The number of pyridine rings is 1. The Bertz CT molecular complexity index is 849. The molecule has 1 atom stereocenters. The van der Waals surface area contributed by atoms with Crippen LogP contribution in [0, 0.1) is 6.92 Å². The van der Waals surface area contributed by atoms with E-state index >= 15 is 0 Å². The minimum absolute atomic E-state index is 0.0359. The molecule has 3 aromatic rings. The van der Waals surface area contributed by atoms with E-state index in [1.165, 1.54) is 12.8 Å². The number of hydrogen-bond donors (Lipinski definition) is 0. The zero-order valence-electron chi connectivity index (χ0n) is 14.1. The number of hydrogen-bond acceptors (Lipinski definition) is 5. The van der Waals surface area contributed by atoms with Gasteiger partial charge in [0.05, 0.1) is 17.2 Å². The van der Waals surface area contributed by atoms with E-state index in [1.807, 2.05) is 12.3 Å². The highest BCUT2D eigenvalue weighted by Gasteiger charge is 2.31. The minimum Gasteiger partial charge on any atom is -0.461 e. The molecule has 1 saturated heterocycles. The molecule has 0 N–H and O–H groups in total. The normalized spacial score (nSPS) is 16.2. The van der Waals surface area contributed by atoms with Gasteiger partial charge < -0.3 is 4.42 Å². The van der Waals surface area contributed by atoms with Crippen LogP contribution in [0.3, 0.4) is 0 Å². The lowest BCUT2D eigenvalue weighted by Crippen LogP contribution is -2.27. The van der Waals surface area contributed by atoms with Gasteiger partial charge in [-0.2, -0.15) is 0 Å². The highest BCUT2D eigenvalue weighted by molar-refractivity contribution is 7.14. The van der Waals surface area contributed by atoms with Crippen LogP contribution in [-0.4, -0.2) is 28.8 Å². The molecular formula is C20H20N2O2S. The Morgan fingerprint density at radius 3 is 2.80 bits per heavy atom. The smallest absolute Gasteiger partial charge is 0.238 e. The standard InChI is InChI=1S/C20H20N2O2S/c1-14-12-16(20(25-14)19(23)17-7-5-11-24-17)18(22-9-2-3-10-22)15-6-4-8-21-13-15/h4-8,11-13,18H,2-3,9-10H2,1H3. The van der Waals surface area contributed by atoms with Crippen molar-refractivity contribution in [2.75, 3.05) is 13.1 Å². The van der Waals surface area contributed by atoms with Crippen LogP contribution in [0.2, 0.25) is 0 Å². The topological polar surface area (TPSA) is 46.3 Å². The van der Waals surface area contributed by atoms with Crippen molar-refractivity contribution in [3.8, 4) is 0 Å². The maximum atomic E-state index is 13.0. The monoisotopic (exact) mass is 352 g/mol. The number of aryl methyl sites for hydroxylation is 1. The Labute approximate surface area is 151 Å². The first kappa shape index (κ1) is 16.2.